The van der Waals surface area contributed by atoms with E-state index in [4.69, 9.17) is 0 Å². The third kappa shape index (κ3) is 16.9. The molecule has 0 atom stereocenters. The summed E-state index contributed by atoms with van der Waals surface area (Å²) in [6.07, 6.45) is 20.2. The van der Waals surface area contributed by atoms with E-state index < -0.39 is 0 Å². The molecule has 0 rings (SSSR count). The van der Waals surface area contributed by atoms with Crippen molar-refractivity contribution in [2.75, 3.05) is 9.76 Å². The second kappa shape index (κ2) is 16.9. The van der Waals surface area contributed by atoms with Crippen molar-refractivity contribution < 1.29 is 0 Å². The average molecular weight is 415 g/mol. The monoisotopic (exact) mass is 414 g/mol. The van der Waals surface area contributed by atoms with Crippen molar-refractivity contribution in [2.24, 2.45) is 0 Å². The topological polar surface area (TPSA) is 0 Å². The summed E-state index contributed by atoms with van der Waals surface area (Å²) < 4.78 is 1.16. The van der Waals surface area contributed by atoms with Gasteiger partial charge in [-0.15, -0.1) is 0 Å². The SMILES string of the molecule is BrCCCCCCCCCCCCC=CCI. The average Bonchev–Trinajstić information content (AvgIpc) is 2.35. The zero-order chi connectivity index (χ0) is 12.6. The molecular weight excluding hydrogens is 387 g/mol. The summed E-state index contributed by atoms with van der Waals surface area (Å²) in [6.45, 7) is 0. The Morgan fingerprint density at radius 1 is 0.647 bits per heavy atom. The molecule has 0 saturated heterocycles. The number of unbranched alkanes of at least 4 members (excludes halogenated alkanes) is 10. The van der Waals surface area contributed by atoms with Gasteiger partial charge in [-0.2, -0.15) is 0 Å². The highest BCUT2D eigenvalue weighted by Gasteiger charge is 1.92. The fourth-order valence-corrected chi connectivity index (χ4v) is 2.71. The lowest BCUT2D eigenvalue weighted by Crippen LogP contribution is -1.82. The van der Waals surface area contributed by atoms with Gasteiger partial charge in [0.05, 0.1) is 0 Å². The molecule has 0 nitrogen and oxygen atoms in total. The van der Waals surface area contributed by atoms with Crippen molar-refractivity contribution in [1.82, 2.24) is 0 Å². The Balaban J connectivity index is 2.91. The Bertz CT molecular complexity index is 157. The van der Waals surface area contributed by atoms with Gasteiger partial charge in [-0.25, -0.2) is 0 Å². The number of halogens is 2. The highest BCUT2D eigenvalue weighted by atomic mass is 127. The van der Waals surface area contributed by atoms with Gasteiger partial charge in [-0.1, -0.05) is 102 Å². The van der Waals surface area contributed by atoms with Crippen molar-refractivity contribution in [3.63, 3.8) is 0 Å². The van der Waals surface area contributed by atoms with Gasteiger partial charge in [0.2, 0.25) is 0 Å². The molecule has 0 amide bonds. The minimum Gasteiger partial charge on any atom is -0.0928 e. The zero-order valence-electron chi connectivity index (χ0n) is 11.1. The molecule has 0 spiro atoms. The van der Waals surface area contributed by atoms with Crippen LogP contribution in [0.2, 0.25) is 0 Å². The van der Waals surface area contributed by atoms with E-state index in [1.165, 1.54) is 76.0 Å². The highest BCUT2D eigenvalue weighted by molar-refractivity contribution is 14.1. The molecule has 0 bridgehead atoms. The van der Waals surface area contributed by atoms with Crippen LogP contribution in [0.15, 0.2) is 12.2 Å². The molecule has 17 heavy (non-hydrogen) atoms. The third-order valence-corrected chi connectivity index (χ3v) is 4.08. The van der Waals surface area contributed by atoms with Crippen LogP contribution >= 0.6 is 38.5 Å². The van der Waals surface area contributed by atoms with Crippen LogP contribution in [0.3, 0.4) is 0 Å². The molecule has 102 valence electrons. The summed E-state index contributed by atoms with van der Waals surface area (Å²) in [4.78, 5) is 0. The molecule has 2 heteroatoms. The summed E-state index contributed by atoms with van der Waals surface area (Å²) in [5.41, 5.74) is 0. The maximum atomic E-state index is 3.48. The predicted octanol–water partition coefficient (Wildman–Crippen LogP) is 6.66. The van der Waals surface area contributed by atoms with Crippen LogP contribution in [0, 0.1) is 0 Å². The van der Waals surface area contributed by atoms with E-state index in [0.717, 1.165) is 4.43 Å². The first kappa shape index (κ1) is 17.9. The number of allylic oxidation sites excluding steroid dienone is 2. The number of rotatable bonds is 13. The minimum atomic E-state index is 1.16. The van der Waals surface area contributed by atoms with Gasteiger partial charge in [-0.3, -0.25) is 0 Å². The minimum absolute atomic E-state index is 1.16. The molecule has 0 aromatic rings. The Morgan fingerprint density at radius 2 is 1.12 bits per heavy atom. The molecule has 0 radical (unpaired) electrons. The molecule has 0 fully saturated rings. The fraction of sp³-hybridized carbons (Fsp3) is 0.867. The molecule has 0 aliphatic heterocycles. The first-order chi connectivity index (χ1) is 8.41. The van der Waals surface area contributed by atoms with Crippen molar-refractivity contribution >= 4 is 38.5 Å². The highest BCUT2D eigenvalue weighted by Crippen LogP contribution is 2.11. The van der Waals surface area contributed by atoms with Crippen molar-refractivity contribution in [2.45, 2.75) is 70.6 Å². The molecular formula is C15H28BrI. The van der Waals surface area contributed by atoms with Crippen LogP contribution in [0.25, 0.3) is 0 Å². The van der Waals surface area contributed by atoms with Gasteiger partial charge in [0, 0.05) is 9.76 Å². The second-order valence-electron chi connectivity index (χ2n) is 4.64. The van der Waals surface area contributed by atoms with Gasteiger partial charge < -0.3 is 0 Å². The van der Waals surface area contributed by atoms with E-state index in [2.05, 4.69) is 50.7 Å². The van der Waals surface area contributed by atoms with Crippen molar-refractivity contribution in [3.05, 3.63) is 12.2 Å². The Labute approximate surface area is 130 Å². The zero-order valence-corrected chi connectivity index (χ0v) is 14.8. The lowest BCUT2D eigenvalue weighted by molar-refractivity contribution is 0.558. The maximum Gasteiger partial charge on any atom is 0.0175 e. The van der Waals surface area contributed by atoms with Gasteiger partial charge in [0.25, 0.3) is 0 Å². The van der Waals surface area contributed by atoms with Crippen LogP contribution in [0.5, 0.6) is 0 Å². The summed E-state index contributed by atoms with van der Waals surface area (Å²) >= 11 is 5.87. The summed E-state index contributed by atoms with van der Waals surface area (Å²) in [5, 5.41) is 1.18. The van der Waals surface area contributed by atoms with E-state index in [-0.39, 0.29) is 0 Å². The van der Waals surface area contributed by atoms with E-state index in [1.54, 1.807) is 0 Å². The quantitative estimate of drug-likeness (QED) is 0.137. The number of hydrogen-bond acceptors (Lipinski definition) is 0. The predicted molar refractivity (Wildman–Crippen MR) is 92.6 cm³/mol. The van der Waals surface area contributed by atoms with Crippen LogP contribution in [-0.4, -0.2) is 9.76 Å². The molecule has 0 aromatic heterocycles. The fourth-order valence-electron chi connectivity index (χ4n) is 1.95. The lowest BCUT2D eigenvalue weighted by atomic mass is 10.1. The Kier molecular flexibility index (Phi) is 17.9. The van der Waals surface area contributed by atoms with Crippen molar-refractivity contribution in [1.29, 1.82) is 0 Å². The third-order valence-electron chi connectivity index (χ3n) is 3.01. The molecule has 0 aliphatic rings. The molecule has 0 heterocycles. The van der Waals surface area contributed by atoms with E-state index in [9.17, 15) is 0 Å². The molecule has 0 aromatic carbocycles. The summed E-state index contributed by atoms with van der Waals surface area (Å²) in [7, 11) is 0. The number of hydrogen-bond donors (Lipinski definition) is 0. The van der Waals surface area contributed by atoms with Crippen LogP contribution in [-0.2, 0) is 0 Å². The summed E-state index contributed by atoms with van der Waals surface area (Å²) in [5.74, 6) is 0. The van der Waals surface area contributed by atoms with Gasteiger partial charge in [0.1, 0.15) is 0 Å². The van der Waals surface area contributed by atoms with Crippen LogP contribution < -0.4 is 0 Å². The second-order valence-corrected chi connectivity index (χ2v) is 6.31. The smallest absolute Gasteiger partial charge is 0.0175 e. The molecule has 0 aliphatic carbocycles. The van der Waals surface area contributed by atoms with Crippen LogP contribution in [0.1, 0.15) is 70.6 Å². The maximum absolute atomic E-state index is 3.48. The molecule has 0 N–H and O–H groups in total. The Morgan fingerprint density at radius 3 is 1.59 bits per heavy atom. The molecule has 0 unspecified atom stereocenters. The van der Waals surface area contributed by atoms with Gasteiger partial charge >= 0.3 is 0 Å². The normalized spacial score (nSPS) is 11.4. The summed E-state index contributed by atoms with van der Waals surface area (Å²) in [6, 6.07) is 0. The Hall–Kier alpha value is 0.950. The molecule has 0 saturated carbocycles. The van der Waals surface area contributed by atoms with E-state index in [1.807, 2.05) is 0 Å². The van der Waals surface area contributed by atoms with E-state index in [0.29, 0.717) is 0 Å². The van der Waals surface area contributed by atoms with Crippen molar-refractivity contribution in [3.8, 4) is 0 Å². The van der Waals surface area contributed by atoms with Crippen LogP contribution in [0.4, 0.5) is 0 Å². The first-order valence-corrected chi connectivity index (χ1v) is 9.83. The van der Waals surface area contributed by atoms with E-state index >= 15 is 0 Å². The standard InChI is InChI=1S/C15H28BrI/c16-14-12-10-8-6-4-2-1-3-5-7-9-11-13-15-17/h11,13H,1-10,12,14-15H2. The van der Waals surface area contributed by atoms with Gasteiger partial charge in [-0.05, 0) is 19.3 Å². The largest absolute Gasteiger partial charge is 0.0928 e. The lowest BCUT2D eigenvalue weighted by Gasteiger charge is -2.01. The number of alkyl halides is 2. The van der Waals surface area contributed by atoms with Gasteiger partial charge in [0.15, 0.2) is 0 Å². The first-order valence-electron chi connectivity index (χ1n) is 7.18.